The first-order valence-corrected chi connectivity index (χ1v) is 27.5. The Hall–Kier alpha value is -6.30. The number of nitrogens with zero attached hydrogens (tertiary/aromatic N) is 4. The van der Waals surface area contributed by atoms with Gasteiger partial charge in [-0.2, -0.15) is 0 Å². The summed E-state index contributed by atoms with van der Waals surface area (Å²) in [5.74, 6) is -3.41. The van der Waals surface area contributed by atoms with Gasteiger partial charge in [0.25, 0.3) is 11.8 Å². The van der Waals surface area contributed by atoms with E-state index in [2.05, 4.69) is 10.6 Å². The number of aryl methyl sites for hydroxylation is 2. The molecule has 2 heterocycles. The molecule has 8 amide bonds. The van der Waals surface area contributed by atoms with Crippen molar-refractivity contribution in [3.05, 3.63) is 118 Å². The van der Waals surface area contributed by atoms with Gasteiger partial charge in [-0.1, -0.05) is 193 Å². The first-order valence-electron chi connectivity index (χ1n) is 27.5. The van der Waals surface area contributed by atoms with Gasteiger partial charge in [-0.15, -0.1) is 0 Å². The highest BCUT2D eigenvalue weighted by Crippen LogP contribution is 2.46. The standard InChI is InChI=1S/C62H84N6O6/c1-15-19-37-62(38-20-16-2)58(72)66(60(74)68(62)46-33-29-44(14)30-34-46)54(56(70)64-52-49(41(9)10)25-22-26-50(52)42(11)12)53(55(69)63-51-47(39(5)6)23-21-24-48(51)40(7)8)65-57(71)61(35-17-3,36-18-4)67(59(65)73)45-31-27-43(13)28-32-45/h21-34,39-42,53-54H,15-20,35-38H2,1-14H3,(H,63,69)(H,64,70). The fraction of sp³-hybridized carbons (Fsp3) is 0.516. The first kappa shape index (κ1) is 57.0. The molecular formula is C62H84N6O6. The number of rotatable bonds is 23. The third-order valence-corrected chi connectivity index (χ3v) is 15.3. The number of benzene rings is 4. The maximum Gasteiger partial charge on any atom is 0.333 e. The third-order valence-electron chi connectivity index (χ3n) is 15.3. The summed E-state index contributed by atoms with van der Waals surface area (Å²) in [6.07, 6.45) is 4.63. The fourth-order valence-corrected chi connectivity index (χ4v) is 11.5. The summed E-state index contributed by atoms with van der Waals surface area (Å²) in [5, 5.41) is 6.44. The fourth-order valence-electron chi connectivity index (χ4n) is 11.5. The van der Waals surface area contributed by atoms with Gasteiger partial charge in [0.1, 0.15) is 11.1 Å². The lowest BCUT2D eigenvalue weighted by Gasteiger charge is -2.37. The van der Waals surface area contributed by atoms with Crippen molar-refractivity contribution in [2.24, 2.45) is 0 Å². The normalized spacial score (nSPS) is 16.4. The predicted molar refractivity (Wildman–Crippen MR) is 300 cm³/mol. The second kappa shape index (κ2) is 23.9. The zero-order chi connectivity index (χ0) is 54.4. The molecule has 0 radical (unpaired) electrons. The van der Waals surface area contributed by atoms with Gasteiger partial charge < -0.3 is 10.6 Å². The van der Waals surface area contributed by atoms with Crippen LogP contribution in [0.15, 0.2) is 84.9 Å². The van der Waals surface area contributed by atoms with Crippen LogP contribution in [0.1, 0.15) is 204 Å². The minimum Gasteiger partial charge on any atom is -0.324 e. The van der Waals surface area contributed by atoms with E-state index >= 15 is 28.8 Å². The van der Waals surface area contributed by atoms with Crippen LogP contribution in [0, 0.1) is 13.8 Å². The Morgan fingerprint density at radius 3 is 1.01 bits per heavy atom. The molecule has 6 rings (SSSR count). The largest absolute Gasteiger partial charge is 0.333 e. The quantitative estimate of drug-likeness (QED) is 0.0709. The van der Waals surface area contributed by atoms with Crippen molar-refractivity contribution < 1.29 is 28.8 Å². The molecule has 12 heteroatoms. The van der Waals surface area contributed by atoms with Crippen LogP contribution in [-0.2, 0) is 19.2 Å². The van der Waals surface area contributed by atoms with Gasteiger partial charge in [-0.3, -0.25) is 29.0 Å². The molecule has 74 heavy (non-hydrogen) atoms. The molecule has 0 aliphatic carbocycles. The number of unbranched alkanes of at least 4 members (excludes halogenated alkanes) is 2. The number of urea groups is 2. The second-order valence-corrected chi connectivity index (χ2v) is 22.1. The average molecular weight is 1010 g/mol. The summed E-state index contributed by atoms with van der Waals surface area (Å²) in [4.78, 5) is 103. The smallest absolute Gasteiger partial charge is 0.324 e. The zero-order valence-corrected chi connectivity index (χ0v) is 46.9. The molecule has 0 aromatic heterocycles. The highest BCUT2D eigenvalue weighted by atomic mass is 16.2. The molecule has 4 aromatic rings. The third kappa shape index (κ3) is 10.8. The molecule has 0 bridgehead atoms. The van der Waals surface area contributed by atoms with E-state index in [1.54, 1.807) is 12.1 Å². The first-order chi connectivity index (χ1) is 35.2. The van der Waals surface area contributed by atoms with Crippen LogP contribution in [0.5, 0.6) is 0 Å². The van der Waals surface area contributed by atoms with E-state index < -0.39 is 58.9 Å². The lowest BCUT2D eigenvalue weighted by molar-refractivity contribution is -0.145. The number of anilines is 4. The van der Waals surface area contributed by atoms with Crippen LogP contribution >= 0.6 is 0 Å². The summed E-state index contributed by atoms with van der Waals surface area (Å²) in [7, 11) is 0. The van der Waals surface area contributed by atoms with Crippen LogP contribution in [0.3, 0.4) is 0 Å². The summed E-state index contributed by atoms with van der Waals surface area (Å²) in [6.45, 7) is 28.0. The molecule has 2 fully saturated rings. The summed E-state index contributed by atoms with van der Waals surface area (Å²) in [6, 6.07) is 20.6. The van der Waals surface area contributed by atoms with Crippen LogP contribution in [0.4, 0.5) is 32.3 Å². The van der Waals surface area contributed by atoms with E-state index in [1.165, 1.54) is 9.80 Å². The predicted octanol–water partition coefficient (Wildman–Crippen LogP) is 14.5. The Labute approximate surface area is 442 Å². The highest BCUT2D eigenvalue weighted by Gasteiger charge is 2.66. The van der Waals surface area contributed by atoms with Gasteiger partial charge in [0.2, 0.25) is 11.8 Å². The van der Waals surface area contributed by atoms with Gasteiger partial charge in [0, 0.05) is 22.7 Å². The van der Waals surface area contributed by atoms with Crippen molar-refractivity contribution in [2.45, 2.75) is 208 Å². The van der Waals surface area contributed by atoms with Gasteiger partial charge in [0.05, 0.1) is 0 Å². The Morgan fingerprint density at radius 2 is 0.743 bits per heavy atom. The lowest BCUT2D eigenvalue weighted by atomic mass is 9.84. The van der Waals surface area contributed by atoms with Crippen molar-refractivity contribution in [3.63, 3.8) is 0 Å². The number of nitrogens with one attached hydrogen (secondary N) is 2. The molecule has 2 atom stereocenters. The topological polar surface area (TPSA) is 139 Å². The molecular weight excluding hydrogens is 925 g/mol. The number of carbonyl (C=O) groups is 6. The Balaban J connectivity index is 1.76. The second-order valence-electron chi connectivity index (χ2n) is 22.1. The summed E-state index contributed by atoms with van der Waals surface area (Å²) in [5.41, 5.74) is 4.05. The van der Waals surface area contributed by atoms with Gasteiger partial charge in [0.15, 0.2) is 12.1 Å². The zero-order valence-electron chi connectivity index (χ0n) is 46.9. The van der Waals surface area contributed by atoms with Gasteiger partial charge >= 0.3 is 12.1 Å². The van der Waals surface area contributed by atoms with Crippen molar-refractivity contribution in [3.8, 4) is 0 Å². The number of carbonyl (C=O) groups excluding carboxylic acids is 6. The molecule has 2 aliphatic heterocycles. The monoisotopic (exact) mass is 1010 g/mol. The molecule has 2 unspecified atom stereocenters. The minimum absolute atomic E-state index is 0.0834. The Morgan fingerprint density at radius 1 is 0.446 bits per heavy atom. The lowest BCUT2D eigenvalue weighted by Crippen LogP contribution is -2.65. The van der Waals surface area contributed by atoms with Crippen LogP contribution < -0.4 is 20.4 Å². The van der Waals surface area contributed by atoms with E-state index in [1.807, 2.05) is 170 Å². The molecule has 2 saturated heterocycles. The molecule has 2 aliphatic rings. The van der Waals surface area contributed by atoms with E-state index in [9.17, 15) is 0 Å². The number of para-hydroxylation sites is 2. The van der Waals surface area contributed by atoms with Crippen molar-refractivity contribution in [2.75, 3.05) is 20.4 Å². The van der Waals surface area contributed by atoms with Crippen molar-refractivity contribution >= 4 is 58.4 Å². The van der Waals surface area contributed by atoms with Crippen LogP contribution in [0.25, 0.3) is 0 Å². The maximum atomic E-state index is 16.5. The van der Waals surface area contributed by atoms with E-state index in [4.69, 9.17) is 0 Å². The number of hydrogen-bond acceptors (Lipinski definition) is 6. The van der Waals surface area contributed by atoms with E-state index in [0.717, 1.165) is 43.2 Å². The van der Waals surface area contributed by atoms with E-state index in [-0.39, 0.29) is 49.4 Å². The van der Waals surface area contributed by atoms with Gasteiger partial charge in [-0.25, -0.2) is 19.4 Å². The van der Waals surface area contributed by atoms with Gasteiger partial charge in [-0.05, 0) is 110 Å². The maximum absolute atomic E-state index is 16.5. The van der Waals surface area contributed by atoms with Crippen molar-refractivity contribution in [1.82, 2.24) is 9.80 Å². The average Bonchev–Trinajstić information content (AvgIpc) is 3.69. The van der Waals surface area contributed by atoms with Crippen LogP contribution in [-0.4, -0.2) is 68.7 Å². The minimum atomic E-state index is -2.06. The number of hydrogen-bond donors (Lipinski definition) is 2. The summed E-state index contributed by atoms with van der Waals surface area (Å²) < 4.78 is 0. The van der Waals surface area contributed by atoms with E-state index in [0.29, 0.717) is 61.3 Å². The molecule has 4 aromatic carbocycles. The molecule has 2 N–H and O–H groups in total. The number of amides is 8. The highest BCUT2D eigenvalue weighted by molar-refractivity contribution is 6.23. The van der Waals surface area contributed by atoms with Crippen molar-refractivity contribution in [1.29, 1.82) is 0 Å². The molecule has 0 spiro atoms. The molecule has 12 nitrogen and oxygen atoms in total. The SMILES string of the molecule is CCCCC1(CCCC)C(=O)N(C(C(=O)Nc2c(C(C)C)cccc2C(C)C)C(C(=O)Nc2c(C(C)C)cccc2C(C)C)N2C(=O)N(c3ccc(C)cc3)C(CCC)(CCC)C2=O)C(=O)N1c1ccc(C)cc1. The number of imide groups is 2. The Bertz CT molecular complexity index is 2610. The van der Waals surface area contributed by atoms with Crippen LogP contribution in [0.2, 0.25) is 0 Å². The summed E-state index contributed by atoms with van der Waals surface area (Å²) >= 11 is 0. The molecule has 0 saturated carbocycles. The molecule has 398 valence electrons. The Kier molecular flexibility index (Phi) is 18.4.